The fourth-order valence-electron chi connectivity index (χ4n) is 3.14. The molecule has 0 bridgehead atoms. The van der Waals surface area contributed by atoms with Crippen molar-refractivity contribution in [2.75, 3.05) is 10.2 Å². The van der Waals surface area contributed by atoms with Crippen LogP contribution in [0, 0.1) is 0 Å². The van der Waals surface area contributed by atoms with Crippen molar-refractivity contribution >= 4 is 46.3 Å². The molecule has 0 fully saturated rings. The summed E-state index contributed by atoms with van der Waals surface area (Å²) in [4.78, 5) is 11.3. The minimum absolute atomic E-state index is 0.308. The molecule has 1 aromatic heterocycles. The van der Waals surface area contributed by atoms with Crippen LogP contribution >= 0.6 is 23.2 Å². The Hall–Kier alpha value is -2.30. The molecule has 2 aromatic carbocycles. The third-order valence-corrected chi connectivity index (χ3v) is 4.82. The van der Waals surface area contributed by atoms with Crippen LogP contribution in [0.3, 0.4) is 0 Å². The normalized spacial score (nSPS) is 16.0. The van der Waals surface area contributed by atoms with Gasteiger partial charge in [-0.05, 0) is 49.2 Å². The van der Waals surface area contributed by atoms with Gasteiger partial charge in [-0.25, -0.2) is 4.98 Å². The molecule has 1 N–H and O–H groups in total. The number of hydrogen-bond donors (Lipinski definition) is 1. The highest BCUT2D eigenvalue weighted by atomic mass is 35.5. The molecule has 0 radical (unpaired) electrons. The summed E-state index contributed by atoms with van der Waals surface area (Å²) in [7, 11) is 0. The summed E-state index contributed by atoms with van der Waals surface area (Å²) in [6, 6.07) is 15.8. The van der Waals surface area contributed by atoms with Crippen LogP contribution in [-0.2, 0) is 6.42 Å². The molecule has 126 valence electrons. The van der Waals surface area contributed by atoms with Gasteiger partial charge in [-0.3, -0.25) is 0 Å². The lowest BCUT2D eigenvalue weighted by Crippen LogP contribution is -2.25. The van der Waals surface area contributed by atoms with E-state index in [2.05, 4.69) is 45.3 Å². The van der Waals surface area contributed by atoms with Gasteiger partial charge in [-0.2, -0.15) is 4.98 Å². The summed E-state index contributed by atoms with van der Waals surface area (Å²) in [6.07, 6.45) is 2.73. The van der Waals surface area contributed by atoms with E-state index in [0.29, 0.717) is 33.5 Å². The highest BCUT2D eigenvalue weighted by molar-refractivity contribution is 6.35. The molecule has 0 saturated carbocycles. The van der Waals surface area contributed by atoms with E-state index in [-0.39, 0.29) is 0 Å². The Balaban J connectivity index is 1.67. The van der Waals surface area contributed by atoms with E-state index in [9.17, 15) is 0 Å². The summed E-state index contributed by atoms with van der Waals surface area (Å²) in [5.41, 5.74) is 3.19. The smallest absolute Gasteiger partial charge is 0.232 e. The molecule has 0 spiro atoms. The maximum atomic E-state index is 6.23. The van der Waals surface area contributed by atoms with Crippen molar-refractivity contribution in [2.45, 2.75) is 19.4 Å². The largest absolute Gasteiger partial charge is 0.339 e. The number of nitrogens with zero attached hydrogens (tertiary/aromatic N) is 3. The van der Waals surface area contributed by atoms with E-state index in [1.807, 2.05) is 12.1 Å². The molecule has 0 aliphatic carbocycles. The third kappa shape index (κ3) is 3.15. The van der Waals surface area contributed by atoms with E-state index < -0.39 is 0 Å². The number of rotatable bonds is 3. The molecule has 1 aliphatic heterocycles. The minimum Gasteiger partial charge on any atom is -0.339 e. The Morgan fingerprint density at radius 1 is 1.12 bits per heavy atom. The summed E-state index contributed by atoms with van der Waals surface area (Å²) in [6.45, 7) is 2.18. The molecule has 0 amide bonds. The predicted molar refractivity (Wildman–Crippen MR) is 104 cm³/mol. The summed E-state index contributed by atoms with van der Waals surface area (Å²) < 4.78 is 0. The lowest BCUT2D eigenvalue weighted by atomic mass is 10.1. The van der Waals surface area contributed by atoms with Gasteiger partial charge in [0.15, 0.2) is 0 Å². The number of aromatic nitrogens is 2. The topological polar surface area (TPSA) is 41.1 Å². The zero-order valence-corrected chi connectivity index (χ0v) is 15.1. The average molecular weight is 371 g/mol. The predicted octanol–water partition coefficient (Wildman–Crippen LogP) is 5.61. The van der Waals surface area contributed by atoms with Gasteiger partial charge < -0.3 is 10.2 Å². The number of para-hydroxylation sites is 1. The molecular formula is C19H16Cl2N4. The summed E-state index contributed by atoms with van der Waals surface area (Å²) in [5.74, 6) is 1.34. The van der Waals surface area contributed by atoms with Gasteiger partial charge in [0, 0.05) is 22.9 Å². The van der Waals surface area contributed by atoms with Crippen LogP contribution in [0.25, 0.3) is 0 Å². The zero-order chi connectivity index (χ0) is 17.4. The Labute approximate surface area is 156 Å². The van der Waals surface area contributed by atoms with Gasteiger partial charge in [-0.15, -0.1) is 0 Å². The van der Waals surface area contributed by atoms with Gasteiger partial charge in [-0.1, -0.05) is 41.4 Å². The van der Waals surface area contributed by atoms with E-state index in [0.717, 1.165) is 12.1 Å². The van der Waals surface area contributed by atoms with Crippen molar-refractivity contribution in [1.82, 2.24) is 9.97 Å². The average Bonchev–Trinajstić information content (AvgIpc) is 2.94. The molecule has 2 heterocycles. The molecule has 25 heavy (non-hydrogen) atoms. The van der Waals surface area contributed by atoms with Crippen molar-refractivity contribution in [3.05, 3.63) is 70.3 Å². The molecule has 6 heteroatoms. The third-order valence-electron chi connectivity index (χ3n) is 4.26. The van der Waals surface area contributed by atoms with Crippen LogP contribution in [0.5, 0.6) is 0 Å². The van der Waals surface area contributed by atoms with Crippen molar-refractivity contribution in [3.8, 4) is 0 Å². The van der Waals surface area contributed by atoms with Crippen molar-refractivity contribution in [1.29, 1.82) is 0 Å². The zero-order valence-electron chi connectivity index (χ0n) is 13.6. The number of hydrogen-bond acceptors (Lipinski definition) is 4. The first-order valence-corrected chi connectivity index (χ1v) is 8.79. The van der Waals surface area contributed by atoms with E-state index in [4.69, 9.17) is 23.2 Å². The number of anilines is 4. The number of nitrogens with one attached hydrogen (secondary N) is 1. The van der Waals surface area contributed by atoms with Gasteiger partial charge in [0.1, 0.15) is 5.82 Å². The Morgan fingerprint density at radius 2 is 1.96 bits per heavy atom. The Kier molecular flexibility index (Phi) is 4.24. The summed E-state index contributed by atoms with van der Waals surface area (Å²) >= 11 is 12.3. The van der Waals surface area contributed by atoms with Crippen LogP contribution in [0.2, 0.25) is 10.0 Å². The second-order valence-corrected chi connectivity index (χ2v) is 6.89. The highest BCUT2D eigenvalue weighted by Gasteiger charge is 2.28. The fraction of sp³-hybridized carbons (Fsp3) is 0.158. The molecule has 4 rings (SSSR count). The Morgan fingerprint density at radius 3 is 2.84 bits per heavy atom. The SMILES string of the molecule is CC1Cc2ccccc2N1c1nccc(Nc2cc(Cl)ccc2Cl)n1. The van der Waals surface area contributed by atoms with Crippen molar-refractivity contribution < 1.29 is 0 Å². The molecule has 3 aromatic rings. The lowest BCUT2D eigenvalue weighted by molar-refractivity contribution is 0.740. The van der Waals surface area contributed by atoms with Crippen molar-refractivity contribution in [2.24, 2.45) is 0 Å². The van der Waals surface area contributed by atoms with Crippen LogP contribution in [0.1, 0.15) is 12.5 Å². The second kappa shape index (κ2) is 6.54. The molecular weight excluding hydrogens is 355 g/mol. The molecule has 4 nitrogen and oxygen atoms in total. The van der Waals surface area contributed by atoms with Gasteiger partial charge in [0.2, 0.25) is 5.95 Å². The van der Waals surface area contributed by atoms with Crippen LogP contribution in [0.4, 0.5) is 23.1 Å². The molecule has 0 saturated heterocycles. The quantitative estimate of drug-likeness (QED) is 0.650. The van der Waals surface area contributed by atoms with Gasteiger partial charge >= 0.3 is 0 Å². The first kappa shape index (κ1) is 16.2. The molecule has 1 unspecified atom stereocenters. The molecule has 1 atom stereocenters. The maximum absolute atomic E-state index is 6.23. The molecule has 1 aliphatic rings. The first-order chi connectivity index (χ1) is 12.1. The van der Waals surface area contributed by atoms with E-state index in [1.54, 1.807) is 24.4 Å². The van der Waals surface area contributed by atoms with Crippen molar-refractivity contribution in [3.63, 3.8) is 0 Å². The standard InChI is InChI=1S/C19H16Cl2N4/c1-12-10-13-4-2-3-5-17(13)25(12)19-22-9-8-18(24-19)23-16-11-14(20)6-7-15(16)21/h2-9,11-12H,10H2,1H3,(H,22,23,24). The maximum Gasteiger partial charge on any atom is 0.232 e. The minimum atomic E-state index is 0.308. The monoisotopic (exact) mass is 370 g/mol. The first-order valence-electron chi connectivity index (χ1n) is 8.04. The van der Waals surface area contributed by atoms with Crippen LogP contribution in [-0.4, -0.2) is 16.0 Å². The van der Waals surface area contributed by atoms with Gasteiger partial charge in [0.25, 0.3) is 0 Å². The van der Waals surface area contributed by atoms with Crippen LogP contribution < -0.4 is 10.2 Å². The Bertz CT molecular complexity index is 929. The summed E-state index contributed by atoms with van der Waals surface area (Å²) in [5, 5.41) is 4.42. The van der Waals surface area contributed by atoms with Gasteiger partial charge in [0.05, 0.1) is 10.7 Å². The number of fused-ring (bicyclic) bond motifs is 1. The fourth-order valence-corrected chi connectivity index (χ4v) is 3.47. The number of benzene rings is 2. The van der Waals surface area contributed by atoms with E-state index >= 15 is 0 Å². The number of halogens is 2. The highest BCUT2D eigenvalue weighted by Crippen LogP contribution is 2.37. The lowest BCUT2D eigenvalue weighted by Gasteiger charge is -2.23. The van der Waals surface area contributed by atoms with E-state index in [1.165, 1.54) is 5.56 Å². The van der Waals surface area contributed by atoms with Crippen LogP contribution in [0.15, 0.2) is 54.7 Å². The second-order valence-electron chi connectivity index (χ2n) is 6.04.